The van der Waals surface area contributed by atoms with Gasteiger partial charge in [-0.2, -0.15) is 0 Å². The molecule has 3 N–H and O–H groups in total. The average Bonchev–Trinajstić information content (AvgIpc) is 4.05. The standard InChI is InChI=1S/C40H52F3N5O9S/c1-7-56-31-17-24-14-15-44-34(28(24)19-29(31)41)57-26-18-30-33(49)45-40(36(51)46-58(54,55)27-12-13-27)20-25(40)11-9-8-10-22(2)16-23(3)32(35(50)47(30)21-26)48(37(52)53)38(4,5)39(6,42)43/h9,11,14-15,17,19,22-23,25-27,30,32H,7-8,10,12-13,16,18,20-21H2,1-6H3,(H,45,49)(H,46,51)(H,52,53)/b11-9-/t22-,23+,25+,26+,30-,32-,40+/m0/s1. The Morgan fingerprint density at radius 1 is 1.14 bits per heavy atom. The Morgan fingerprint density at radius 3 is 2.48 bits per heavy atom. The molecule has 0 radical (unpaired) electrons. The Hall–Kier alpha value is -4.61. The monoisotopic (exact) mass is 835 g/mol. The van der Waals surface area contributed by atoms with Crippen LogP contribution in [0.1, 0.15) is 86.5 Å². The van der Waals surface area contributed by atoms with Crippen molar-refractivity contribution in [2.45, 2.75) is 127 Å². The van der Waals surface area contributed by atoms with Crippen LogP contribution in [0.5, 0.6) is 11.6 Å². The number of ether oxygens (including phenoxy) is 2. The van der Waals surface area contributed by atoms with Crippen LogP contribution in [0, 0.1) is 23.6 Å². The van der Waals surface area contributed by atoms with Gasteiger partial charge in [0, 0.05) is 30.8 Å². The Bertz CT molecular complexity index is 2090. The number of nitrogens with zero attached hydrogens (tertiary/aromatic N) is 3. The van der Waals surface area contributed by atoms with Crippen LogP contribution in [-0.2, 0) is 24.4 Å². The van der Waals surface area contributed by atoms with E-state index in [0.29, 0.717) is 42.9 Å². The van der Waals surface area contributed by atoms with Gasteiger partial charge in [0.05, 0.1) is 18.4 Å². The highest BCUT2D eigenvalue weighted by Gasteiger charge is 2.62. The van der Waals surface area contributed by atoms with E-state index in [-0.39, 0.29) is 55.3 Å². The number of carboxylic acid groups (broad SMARTS) is 1. The highest BCUT2D eigenvalue weighted by atomic mass is 32.2. The molecule has 6 rings (SSSR count). The summed E-state index contributed by atoms with van der Waals surface area (Å²) in [6.45, 7) is 7.75. The summed E-state index contributed by atoms with van der Waals surface area (Å²) in [6, 6.07) is 1.14. The number of allylic oxidation sites excluding steroid dienone is 1. The van der Waals surface area contributed by atoms with E-state index in [9.17, 15) is 27.9 Å². The van der Waals surface area contributed by atoms with Crippen LogP contribution in [0.4, 0.5) is 18.0 Å². The van der Waals surface area contributed by atoms with Gasteiger partial charge in [0.15, 0.2) is 11.6 Å². The van der Waals surface area contributed by atoms with E-state index >= 15 is 18.0 Å². The molecule has 4 aliphatic rings. The molecule has 1 aromatic heterocycles. The smallest absolute Gasteiger partial charge is 0.408 e. The lowest BCUT2D eigenvalue weighted by molar-refractivity contribution is -0.156. The van der Waals surface area contributed by atoms with Crippen LogP contribution in [0.3, 0.4) is 0 Å². The number of sulfonamides is 1. The van der Waals surface area contributed by atoms with E-state index in [1.54, 1.807) is 26.0 Å². The molecule has 58 heavy (non-hydrogen) atoms. The molecule has 0 bridgehead atoms. The van der Waals surface area contributed by atoms with Crippen molar-refractivity contribution in [2.75, 3.05) is 13.2 Å². The highest BCUT2D eigenvalue weighted by molar-refractivity contribution is 7.91. The van der Waals surface area contributed by atoms with E-state index < -0.39 is 91.9 Å². The number of aromatic nitrogens is 1. The molecule has 2 aliphatic carbocycles. The first-order valence-electron chi connectivity index (χ1n) is 19.7. The Balaban J connectivity index is 1.42. The van der Waals surface area contributed by atoms with Crippen LogP contribution >= 0.6 is 0 Å². The van der Waals surface area contributed by atoms with Crippen LogP contribution in [0.25, 0.3) is 10.8 Å². The van der Waals surface area contributed by atoms with Gasteiger partial charge in [-0.25, -0.2) is 31.4 Å². The van der Waals surface area contributed by atoms with Crippen molar-refractivity contribution in [1.82, 2.24) is 24.8 Å². The third-order valence-corrected chi connectivity index (χ3v) is 13.9. The molecule has 3 fully saturated rings. The molecule has 2 aromatic rings. The SMILES string of the molecule is CCOc1cc2ccnc(O[C@@H]3C[C@H]4C(=O)N[C@]5(C(=O)NS(=O)(=O)C6CC6)C[C@H]5/C=C\CC[C@H](C)C[C@@H](C)[C@H](N(C(=O)O)C(C)(C)C(C)(F)F)C(=O)N4C3)c2cc1F. The van der Waals surface area contributed by atoms with Crippen molar-refractivity contribution in [3.05, 3.63) is 42.4 Å². The number of hydrogen-bond donors (Lipinski definition) is 3. The molecule has 318 valence electrons. The summed E-state index contributed by atoms with van der Waals surface area (Å²) in [7, 11) is -4.02. The van der Waals surface area contributed by atoms with Gasteiger partial charge >= 0.3 is 6.09 Å². The van der Waals surface area contributed by atoms with Gasteiger partial charge < -0.3 is 24.8 Å². The third-order valence-electron chi connectivity index (χ3n) is 12.1. The van der Waals surface area contributed by atoms with Crippen molar-refractivity contribution in [1.29, 1.82) is 0 Å². The van der Waals surface area contributed by atoms with E-state index in [1.165, 1.54) is 18.3 Å². The number of rotatable bonds is 10. The molecule has 0 spiro atoms. The average molecular weight is 836 g/mol. The summed E-state index contributed by atoms with van der Waals surface area (Å²) < 4.78 is 85.4. The summed E-state index contributed by atoms with van der Waals surface area (Å²) in [6.07, 6.45) is 4.17. The zero-order valence-electron chi connectivity index (χ0n) is 33.5. The lowest BCUT2D eigenvalue weighted by atomic mass is 9.84. The molecule has 1 aromatic carbocycles. The number of alkyl halides is 2. The predicted molar refractivity (Wildman–Crippen MR) is 206 cm³/mol. The summed E-state index contributed by atoms with van der Waals surface area (Å²) in [5.41, 5.74) is -4.09. The number of carbonyl (C=O) groups excluding carboxylic acids is 3. The summed E-state index contributed by atoms with van der Waals surface area (Å²) in [5, 5.41) is 13.4. The maximum Gasteiger partial charge on any atom is 0.408 e. The maximum atomic E-state index is 15.3. The number of carbonyl (C=O) groups is 4. The molecule has 18 heteroatoms. The molecular weight excluding hydrogens is 784 g/mol. The Kier molecular flexibility index (Phi) is 11.8. The fraction of sp³-hybridized carbons (Fsp3) is 0.625. The van der Waals surface area contributed by atoms with Crippen molar-refractivity contribution in [3.63, 3.8) is 0 Å². The molecule has 0 unspecified atom stereocenters. The summed E-state index contributed by atoms with van der Waals surface area (Å²) >= 11 is 0. The van der Waals surface area contributed by atoms with Gasteiger partial charge in [0.25, 0.3) is 11.8 Å². The van der Waals surface area contributed by atoms with Gasteiger partial charge in [-0.15, -0.1) is 0 Å². The second kappa shape index (κ2) is 15.9. The number of nitrogens with one attached hydrogen (secondary N) is 2. The van der Waals surface area contributed by atoms with E-state index in [1.807, 2.05) is 13.0 Å². The van der Waals surface area contributed by atoms with Gasteiger partial charge in [-0.3, -0.25) is 24.0 Å². The van der Waals surface area contributed by atoms with Crippen LogP contribution in [-0.4, -0.2) is 106 Å². The minimum atomic E-state index is -4.02. The van der Waals surface area contributed by atoms with Gasteiger partial charge in [0.2, 0.25) is 27.7 Å². The van der Waals surface area contributed by atoms with E-state index in [0.717, 1.165) is 18.7 Å². The zero-order chi connectivity index (χ0) is 42.5. The molecule has 1 saturated heterocycles. The van der Waals surface area contributed by atoms with Crippen LogP contribution in [0.2, 0.25) is 0 Å². The predicted octanol–water partition coefficient (Wildman–Crippen LogP) is 5.40. The van der Waals surface area contributed by atoms with Gasteiger partial charge in [-0.05, 0) is 94.7 Å². The molecule has 2 saturated carbocycles. The molecule has 7 atom stereocenters. The van der Waals surface area contributed by atoms with Crippen molar-refractivity contribution in [3.8, 4) is 11.6 Å². The minimum absolute atomic E-state index is 0.00959. The molecule has 3 heterocycles. The van der Waals surface area contributed by atoms with Crippen LogP contribution < -0.4 is 19.5 Å². The number of halogens is 3. The number of fused-ring (bicyclic) bond motifs is 3. The van der Waals surface area contributed by atoms with Crippen molar-refractivity contribution >= 4 is 44.6 Å². The van der Waals surface area contributed by atoms with E-state index in [4.69, 9.17) is 9.47 Å². The fourth-order valence-corrected chi connectivity index (χ4v) is 9.59. The van der Waals surface area contributed by atoms with Crippen LogP contribution in [0.15, 0.2) is 36.5 Å². The normalized spacial score (nSPS) is 28.9. The van der Waals surface area contributed by atoms with Gasteiger partial charge in [0.1, 0.15) is 29.3 Å². The lowest BCUT2D eigenvalue weighted by Crippen LogP contribution is -2.66. The lowest BCUT2D eigenvalue weighted by Gasteiger charge is -2.47. The number of amides is 4. The molecule has 4 amide bonds. The third kappa shape index (κ3) is 8.43. The first kappa shape index (κ1) is 43.0. The first-order chi connectivity index (χ1) is 27.1. The molecule has 2 aliphatic heterocycles. The molecule has 14 nitrogen and oxygen atoms in total. The largest absolute Gasteiger partial charge is 0.491 e. The quantitative estimate of drug-likeness (QED) is 0.262. The number of benzene rings is 1. The van der Waals surface area contributed by atoms with Crippen molar-refractivity contribution < 1.29 is 55.3 Å². The zero-order valence-corrected chi connectivity index (χ0v) is 34.3. The summed E-state index contributed by atoms with van der Waals surface area (Å²) in [5.74, 6) is -8.57. The first-order valence-corrected chi connectivity index (χ1v) is 21.3. The number of hydrogen-bond acceptors (Lipinski definition) is 9. The Labute approximate surface area is 335 Å². The Morgan fingerprint density at radius 2 is 1.84 bits per heavy atom. The van der Waals surface area contributed by atoms with E-state index in [2.05, 4.69) is 15.0 Å². The second-order valence-corrected chi connectivity index (χ2v) is 18.8. The molecular formula is C40H52F3N5O9S. The number of pyridine rings is 1. The summed E-state index contributed by atoms with van der Waals surface area (Å²) in [4.78, 5) is 62.4. The minimum Gasteiger partial charge on any atom is -0.491 e. The fourth-order valence-electron chi connectivity index (χ4n) is 8.22. The second-order valence-electron chi connectivity index (χ2n) is 16.9. The topological polar surface area (TPSA) is 185 Å². The van der Waals surface area contributed by atoms with Crippen molar-refractivity contribution in [2.24, 2.45) is 17.8 Å². The highest BCUT2D eigenvalue weighted by Crippen LogP contribution is 2.47. The van der Waals surface area contributed by atoms with Gasteiger partial charge in [-0.1, -0.05) is 26.0 Å². The maximum absolute atomic E-state index is 15.3.